The van der Waals surface area contributed by atoms with Crippen molar-refractivity contribution >= 4 is 0 Å². The van der Waals surface area contributed by atoms with Gasteiger partial charge in [0.1, 0.15) is 6.79 Å². The summed E-state index contributed by atoms with van der Waals surface area (Å²) in [5, 5.41) is 0. The van der Waals surface area contributed by atoms with Crippen molar-refractivity contribution < 1.29 is 9.47 Å². The molecular formula is C9H18O2. The largest absolute Gasteiger partial charge is 0.359 e. The summed E-state index contributed by atoms with van der Waals surface area (Å²) in [6.07, 6.45) is 3.01. The quantitative estimate of drug-likeness (QED) is 0.436. The highest BCUT2D eigenvalue weighted by Crippen LogP contribution is 2.10. The zero-order valence-electron chi connectivity index (χ0n) is 7.67. The molecule has 0 aliphatic heterocycles. The second kappa shape index (κ2) is 6.38. The number of hydrogen-bond donors (Lipinski definition) is 0. The Bertz CT molecular complexity index is 99.7. The first kappa shape index (κ1) is 10.7. The molecule has 0 aromatic carbocycles. The van der Waals surface area contributed by atoms with Crippen LogP contribution in [0.25, 0.3) is 0 Å². The van der Waals surface area contributed by atoms with E-state index in [2.05, 4.69) is 20.4 Å². The van der Waals surface area contributed by atoms with Crippen molar-refractivity contribution in [3.8, 4) is 0 Å². The number of ether oxygens (including phenoxy) is 2. The van der Waals surface area contributed by atoms with E-state index in [0.29, 0.717) is 12.7 Å². The zero-order chi connectivity index (χ0) is 8.69. The number of rotatable bonds is 6. The van der Waals surface area contributed by atoms with Crippen LogP contribution in [0, 0.1) is 5.92 Å². The molecule has 0 saturated carbocycles. The summed E-state index contributed by atoms with van der Waals surface area (Å²) < 4.78 is 10.2. The van der Waals surface area contributed by atoms with Crippen molar-refractivity contribution in [2.45, 2.75) is 26.4 Å². The second-order valence-electron chi connectivity index (χ2n) is 2.88. The van der Waals surface area contributed by atoms with Crippen molar-refractivity contribution in [1.29, 1.82) is 0 Å². The highest BCUT2D eigenvalue weighted by molar-refractivity contribution is 4.75. The topological polar surface area (TPSA) is 18.5 Å². The third-order valence-electron chi connectivity index (χ3n) is 1.54. The summed E-state index contributed by atoms with van der Waals surface area (Å²) in [6, 6.07) is 0. The van der Waals surface area contributed by atoms with Gasteiger partial charge in [-0.2, -0.15) is 0 Å². The van der Waals surface area contributed by atoms with Gasteiger partial charge in [-0.3, -0.25) is 0 Å². The highest BCUT2D eigenvalue weighted by atomic mass is 16.7. The highest BCUT2D eigenvalue weighted by Gasteiger charge is 2.10. The van der Waals surface area contributed by atoms with Crippen molar-refractivity contribution in [1.82, 2.24) is 0 Å². The van der Waals surface area contributed by atoms with Gasteiger partial charge in [-0.05, 0) is 12.3 Å². The van der Waals surface area contributed by atoms with Gasteiger partial charge in [0.05, 0.1) is 6.10 Å². The van der Waals surface area contributed by atoms with E-state index in [0.717, 1.165) is 6.42 Å². The minimum atomic E-state index is 0.243. The predicted molar refractivity (Wildman–Crippen MR) is 46.4 cm³/mol. The van der Waals surface area contributed by atoms with Gasteiger partial charge in [0.15, 0.2) is 0 Å². The molecule has 0 aromatic rings. The van der Waals surface area contributed by atoms with Crippen LogP contribution in [0.5, 0.6) is 0 Å². The van der Waals surface area contributed by atoms with Gasteiger partial charge in [0.25, 0.3) is 0 Å². The summed E-state index contributed by atoms with van der Waals surface area (Å²) in [6.45, 7) is 8.30. The fraction of sp³-hybridized carbons (Fsp3) is 0.778. The Morgan fingerprint density at radius 3 is 2.45 bits per heavy atom. The minimum Gasteiger partial charge on any atom is -0.359 e. The fourth-order valence-corrected chi connectivity index (χ4v) is 0.852. The Morgan fingerprint density at radius 2 is 2.09 bits per heavy atom. The molecule has 1 unspecified atom stereocenters. The smallest absolute Gasteiger partial charge is 0.146 e. The lowest BCUT2D eigenvalue weighted by Crippen LogP contribution is -2.20. The van der Waals surface area contributed by atoms with Crippen LogP contribution in [0.1, 0.15) is 20.3 Å². The number of methoxy groups -OCH3 is 1. The molecule has 0 fully saturated rings. The van der Waals surface area contributed by atoms with Gasteiger partial charge in [-0.1, -0.05) is 19.9 Å². The molecule has 0 aromatic heterocycles. The molecule has 11 heavy (non-hydrogen) atoms. The van der Waals surface area contributed by atoms with Gasteiger partial charge < -0.3 is 9.47 Å². The number of hydrogen-bond acceptors (Lipinski definition) is 2. The maximum absolute atomic E-state index is 5.40. The van der Waals surface area contributed by atoms with Crippen molar-refractivity contribution in [2.24, 2.45) is 5.92 Å². The Kier molecular flexibility index (Phi) is 6.18. The van der Waals surface area contributed by atoms with Crippen LogP contribution in [0.15, 0.2) is 12.7 Å². The Labute approximate surface area is 69.2 Å². The van der Waals surface area contributed by atoms with Crippen LogP contribution in [0.2, 0.25) is 0 Å². The first-order chi connectivity index (χ1) is 5.22. The van der Waals surface area contributed by atoms with Crippen LogP contribution < -0.4 is 0 Å². The van der Waals surface area contributed by atoms with Crippen molar-refractivity contribution in [2.75, 3.05) is 13.9 Å². The lowest BCUT2D eigenvalue weighted by Gasteiger charge is -2.18. The van der Waals surface area contributed by atoms with E-state index in [-0.39, 0.29) is 6.10 Å². The average Bonchev–Trinajstić information content (AvgIpc) is 1.97. The molecule has 0 heterocycles. The van der Waals surface area contributed by atoms with Crippen LogP contribution in [0.3, 0.4) is 0 Å². The first-order valence-corrected chi connectivity index (χ1v) is 3.93. The van der Waals surface area contributed by atoms with Crippen molar-refractivity contribution in [3.05, 3.63) is 12.7 Å². The van der Waals surface area contributed by atoms with E-state index in [1.807, 2.05) is 6.08 Å². The molecule has 66 valence electrons. The lowest BCUT2D eigenvalue weighted by atomic mass is 10.0. The van der Waals surface area contributed by atoms with E-state index in [9.17, 15) is 0 Å². The van der Waals surface area contributed by atoms with Gasteiger partial charge in [-0.25, -0.2) is 0 Å². The molecule has 2 nitrogen and oxygen atoms in total. The van der Waals surface area contributed by atoms with Gasteiger partial charge in [-0.15, -0.1) is 6.58 Å². The third kappa shape index (κ3) is 4.99. The Balaban J connectivity index is 3.59. The molecule has 0 saturated heterocycles. The van der Waals surface area contributed by atoms with Gasteiger partial charge in [0.2, 0.25) is 0 Å². The average molecular weight is 158 g/mol. The predicted octanol–water partition coefficient (Wildman–Crippen LogP) is 2.21. The first-order valence-electron chi connectivity index (χ1n) is 3.93. The third-order valence-corrected chi connectivity index (χ3v) is 1.54. The van der Waals surface area contributed by atoms with Crippen LogP contribution in [-0.4, -0.2) is 20.0 Å². The maximum atomic E-state index is 5.40. The van der Waals surface area contributed by atoms with E-state index >= 15 is 0 Å². The summed E-state index contributed by atoms with van der Waals surface area (Å²) in [7, 11) is 1.63. The van der Waals surface area contributed by atoms with E-state index in [1.54, 1.807) is 7.11 Å². The monoisotopic (exact) mass is 158 g/mol. The molecule has 0 N–H and O–H groups in total. The van der Waals surface area contributed by atoms with Crippen molar-refractivity contribution in [3.63, 3.8) is 0 Å². The van der Waals surface area contributed by atoms with Crippen LogP contribution in [-0.2, 0) is 9.47 Å². The summed E-state index contributed by atoms with van der Waals surface area (Å²) in [5.41, 5.74) is 0. The van der Waals surface area contributed by atoms with Crippen LogP contribution in [0.4, 0.5) is 0 Å². The zero-order valence-corrected chi connectivity index (χ0v) is 7.67. The van der Waals surface area contributed by atoms with Gasteiger partial charge in [0, 0.05) is 7.11 Å². The maximum Gasteiger partial charge on any atom is 0.146 e. The lowest BCUT2D eigenvalue weighted by molar-refractivity contribution is -0.0850. The molecule has 0 aliphatic rings. The molecule has 2 heteroatoms. The van der Waals surface area contributed by atoms with Gasteiger partial charge >= 0.3 is 0 Å². The molecule has 1 atom stereocenters. The Morgan fingerprint density at radius 1 is 1.45 bits per heavy atom. The summed E-state index contributed by atoms with van der Waals surface area (Å²) >= 11 is 0. The van der Waals surface area contributed by atoms with E-state index in [1.165, 1.54) is 0 Å². The summed E-state index contributed by atoms with van der Waals surface area (Å²) in [5.74, 6) is 0.517. The SMILES string of the molecule is C=CCC(OCOC)C(C)C. The van der Waals surface area contributed by atoms with Crippen LogP contribution >= 0.6 is 0 Å². The fourth-order valence-electron chi connectivity index (χ4n) is 0.852. The van der Waals surface area contributed by atoms with E-state index in [4.69, 9.17) is 9.47 Å². The molecule has 0 radical (unpaired) electrons. The minimum absolute atomic E-state index is 0.243. The molecule has 0 amide bonds. The molecular weight excluding hydrogens is 140 g/mol. The molecule has 0 bridgehead atoms. The second-order valence-corrected chi connectivity index (χ2v) is 2.88. The standard InChI is InChI=1S/C9H18O2/c1-5-6-9(8(2)3)11-7-10-4/h5,8-9H,1,6-7H2,2-4H3. The van der Waals surface area contributed by atoms with E-state index < -0.39 is 0 Å². The normalized spacial score (nSPS) is 13.5. The summed E-state index contributed by atoms with van der Waals surface area (Å²) in [4.78, 5) is 0. The Hall–Kier alpha value is -0.340. The molecule has 0 spiro atoms. The molecule has 0 rings (SSSR count). The molecule has 0 aliphatic carbocycles.